The Balaban J connectivity index is 1.34. The van der Waals surface area contributed by atoms with E-state index >= 15 is 0 Å². The molecule has 4 aliphatic rings. The van der Waals surface area contributed by atoms with Crippen LogP contribution in [0, 0.1) is 34.5 Å². The van der Waals surface area contributed by atoms with Gasteiger partial charge in [-0.15, -0.1) is 0 Å². The third-order valence-corrected chi connectivity index (χ3v) is 10.7. The zero-order valence-corrected chi connectivity index (χ0v) is 21.0. The van der Waals surface area contributed by atoms with Gasteiger partial charge in [0.2, 0.25) is 0 Å². The van der Waals surface area contributed by atoms with Gasteiger partial charge in [0, 0.05) is 22.9 Å². The number of hydrogen-bond donors (Lipinski definition) is 3. The Morgan fingerprint density at radius 3 is 2.89 bits per heavy atom. The van der Waals surface area contributed by atoms with Gasteiger partial charge < -0.3 is 10.2 Å². The second kappa shape index (κ2) is 7.54. The molecular formula is C27H31N3O4S. The fourth-order valence-corrected chi connectivity index (χ4v) is 8.96. The van der Waals surface area contributed by atoms with E-state index in [-0.39, 0.29) is 34.9 Å². The van der Waals surface area contributed by atoms with Crippen LogP contribution in [0.4, 0.5) is 5.13 Å². The molecule has 4 aliphatic carbocycles. The number of aromatic nitrogens is 2. The Labute approximate surface area is 208 Å². The summed E-state index contributed by atoms with van der Waals surface area (Å²) in [4.78, 5) is 35.3. The number of aliphatic hydroxyl groups is 2. The highest BCUT2D eigenvalue weighted by molar-refractivity contribution is 7.21. The quantitative estimate of drug-likeness (QED) is 0.585. The molecule has 6 unspecified atom stereocenters. The Kier molecular flexibility index (Phi) is 4.96. The van der Waals surface area contributed by atoms with E-state index in [1.54, 1.807) is 24.4 Å². The van der Waals surface area contributed by atoms with Crippen LogP contribution in [-0.4, -0.2) is 43.6 Å². The highest BCUT2D eigenvalue weighted by Crippen LogP contribution is 2.68. The van der Waals surface area contributed by atoms with Crippen LogP contribution in [0.25, 0.3) is 10.3 Å². The number of anilines is 1. The number of rotatable bonds is 2. The van der Waals surface area contributed by atoms with E-state index in [9.17, 15) is 19.8 Å². The van der Waals surface area contributed by atoms with Crippen LogP contribution < -0.4 is 5.32 Å². The van der Waals surface area contributed by atoms with E-state index in [4.69, 9.17) is 0 Å². The van der Waals surface area contributed by atoms with Crippen molar-refractivity contribution in [3.63, 3.8) is 0 Å². The molecule has 2 heterocycles. The third-order valence-electron chi connectivity index (χ3n) is 9.81. The smallest absolute Gasteiger partial charge is 0.258 e. The molecule has 7 nitrogen and oxygen atoms in total. The summed E-state index contributed by atoms with van der Waals surface area (Å²) in [5.74, 6) is -0.521. The first-order valence-corrected chi connectivity index (χ1v) is 13.3. The number of ketones is 1. The molecule has 184 valence electrons. The van der Waals surface area contributed by atoms with Crippen molar-refractivity contribution in [3.05, 3.63) is 42.1 Å². The summed E-state index contributed by atoms with van der Waals surface area (Å²) in [5, 5.41) is 27.0. The zero-order chi connectivity index (χ0) is 24.8. The summed E-state index contributed by atoms with van der Waals surface area (Å²) in [6, 6.07) is 3.64. The lowest BCUT2D eigenvalue weighted by atomic mass is 9.46. The predicted molar refractivity (Wildman–Crippen MR) is 134 cm³/mol. The fraction of sp³-hybridized carbons (Fsp3) is 0.556. The minimum atomic E-state index is -1.63. The van der Waals surface area contributed by atoms with Crippen molar-refractivity contribution >= 4 is 38.5 Å². The maximum Gasteiger partial charge on any atom is 0.258 e. The van der Waals surface area contributed by atoms with Crippen molar-refractivity contribution in [2.45, 2.75) is 58.2 Å². The number of amides is 1. The number of pyridine rings is 1. The van der Waals surface area contributed by atoms with Gasteiger partial charge in [0.15, 0.2) is 16.5 Å². The van der Waals surface area contributed by atoms with E-state index < -0.39 is 23.0 Å². The number of hydrogen-bond acceptors (Lipinski definition) is 7. The summed E-state index contributed by atoms with van der Waals surface area (Å²) in [6.07, 6.45) is 9.03. The molecule has 0 aliphatic heterocycles. The molecule has 0 radical (unpaired) electrons. The Bertz CT molecular complexity index is 1270. The van der Waals surface area contributed by atoms with Crippen LogP contribution >= 0.6 is 11.3 Å². The predicted octanol–water partition coefficient (Wildman–Crippen LogP) is 3.89. The van der Waals surface area contributed by atoms with Crippen molar-refractivity contribution in [3.8, 4) is 0 Å². The SMILES string of the molecule is C[C@@H]1CC2C3CCC4=CC(=O)C=CC4(C)C3C(O)CC2(C)[C@@]1(O)C(=O)Nc1nc2cccnc2s1. The van der Waals surface area contributed by atoms with Crippen LogP contribution in [0.5, 0.6) is 0 Å². The number of carbonyl (C=O) groups is 2. The molecule has 1 amide bonds. The van der Waals surface area contributed by atoms with Crippen LogP contribution in [-0.2, 0) is 9.59 Å². The largest absolute Gasteiger partial charge is 0.393 e. The molecule has 6 rings (SSSR count). The van der Waals surface area contributed by atoms with Crippen LogP contribution in [0.3, 0.4) is 0 Å². The van der Waals surface area contributed by atoms with Crippen LogP contribution in [0.1, 0.15) is 46.5 Å². The molecule has 8 atom stereocenters. The number of thiazole rings is 1. The van der Waals surface area contributed by atoms with E-state index in [0.29, 0.717) is 23.5 Å². The Morgan fingerprint density at radius 1 is 1.31 bits per heavy atom. The summed E-state index contributed by atoms with van der Waals surface area (Å²) in [6.45, 7) is 6.05. The lowest BCUT2D eigenvalue weighted by Gasteiger charge is -2.59. The van der Waals surface area contributed by atoms with Crippen molar-refractivity contribution in [2.24, 2.45) is 34.5 Å². The molecule has 2 aromatic rings. The first kappa shape index (κ1) is 23.0. The maximum absolute atomic E-state index is 13.7. The molecule has 35 heavy (non-hydrogen) atoms. The number of allylic oxidation sites excluding steroid dienone is 4. The Morgan fingerprint density at radius 2 is 2.11 bits per heavy atom. The molecule has 3 fully saturated rings. The lowest BCUT2D eigenvalue weighted by Crippen LogP contribution is -2.63. The van der Waals surface area contributed by atoms with Crippen molar-refractivity contribution in [1.82, 2.24) is 9.97 Å². The molecule has 0 aromatic carbocycles. The topological polar surface area (TPSA) is 112 Å². The summed E-state index contributed by atoms with van der Waals surface area (Å²) < 4.78 is 0. The maximum atomic E-state index is 13.7. The number of carbonyl (C=O) groups excluding carboxylic acids is 2. The minimum absolute atomic E-state index is 0.0108. The highest BCUT2D eigenvalue weighted by atomic mass is 32.1. The number of fused-ring (bicyclic) bond motifs is 6. The van der Waals surface area contributed by atoms with E-state index in [1.165, 1.54) is 11.3 Å². The molecule has 0 spiro atoms. The first-order valence-electron chi connectivity index (χ1n) is 12.5. The second-order valence-electron chi connectivity index (χ2n) is 11.4. The molecule has 2 aromatic heterocycles. The number of aliphatic hydroxyl groups excluding tert-OH is 1. The average molecular weight is 494 g/mol. The molecule has 3 N–H and O–H groups in total. The monoisotopic (exact) mass is 493 g/mol. The van der Waals surface area contributed by atoms with E-state index in [0.717, 1.165) is 23.2 Å². The van der Waals surface area contributed by atoms with Gasteiger partial charge in [0.1, 0.15) is 10.3 Å². The minimum Gasteiger partial charge on any atom is -0.393 e. The van der Waals surface area contributed by atoms with Gasteiger partial charge in [-0.25, -0.2) is 9.97 Å². The van der Waals surface area contributed by atoms with Gasteiger partial charge in [-0.2, -0.15) is 0 Å². The molecule has 0 bridgehead atoms. The van der Waals surface area contributed by atoms with Crippen molar-refractivity contribution < 1.29 is 19.8 Å². The molecule has 8 heteroatoms. The van der Waals surface area contributed by atoms with E-state index in [1.807, 2.05) is 26.0 Å². The van der Waals surface area contributed by atoms with Crippen molar-refractivity contribution in [2.75, 3.05) is 5.32 Å². The van der Waals surface area contributed by atoms with Gasteiger partial charge in [-0.3, -0.25) is 14.9 Å². The fourth-order valence-electron chi connectivity index (χ4n) is 8.16. The van der Waals surface area contributed by atoms with Crippen LogP contribution in [0.2, 0.25) is 0 Å². The van der Waals surface area contributed by atoms with Gasteiger partial charge >= 0.3 is 0 Å². The highest BCUT2D eigenvalue weighted by Gasteiger charge is 2.70. The molecular weight excluding hydrogens is 462 g/mol. The zero-order valence-electron chi connectivity index (χ0n) is 20.2. The number of nitrogens with one attached hydrogen (secondary N) is 1. The third kappa shape index (κ3) is 3.02. The van der Waals surface area contributed by atoms with Gasteiger partial charge in [0.25, 0.3) is 5.91 Å². The van der Waals surface area contributed by atoms with Gasteiger partial charge in [0.05, 0.1) is 6.10 Å². The van der Waals surface area contributed by atoms with Crippen molar-refractivity contribution in [1.29, 1.82) is 0 Å². The second-order valence-corrected chi connectivity index (χ2v) is 12.4. The standard InChI is InChI=1S/C27H31N3O4S/c1-14-11-18-17-7-6-15-12-16(31)8-9-25(15,2)21(17)20(32)13-26(18,3)27(14,34)23(33)30-24-29-19-5-4-10-28-22(19)35-24/h4-5,8-10,12,14,17-18,20-21,32,34H,6-7,11,13H2,1-3H3,(H,29,30,33)/t14-,17?,18?,20?,21?,25?,26?,27+/m1/s1. The summed E-state index contributed by atoms with van der Waals surface area (Å²) in [5.41, 5.74) is -0.991. The summed E-state index contributed by atoms with van der Waals surface area (Å²) in [7, 11) is 0. The number of nitrogens with zero attached hydrogens (tertiary/aromatic N) is 2. The van der Waals surface area contributed by atoms with E-state index in [2.05, 4.69) is 22.2 Å². The lowest BCUT2D eigenvalue weighted by molar-refractivity contribution is -0.179. The first-order chi connectivity index (χ1) is 16.6. The molecule has 3 saturated carbocycles. The summed E-state index contributed by atoms with van der Waals surface area (Å²) >= 11 is 1.29. The van der Waals surface area contributed by atoms with Gasteiger partial charge in [-0.05, 0) is 67.7 Å². The van der Waals surface area contributed by atoms with Gasteiger partial charge in [-0.1, -0.05) is 43.8 Å². The van der Waals surface area contributed by atoms with Crippen LogP contribution in [0.15, 0.2) is 42.1 Å². The Hall–Kier alpha value is -2.42. The molecule has 0 saturated heterocycles. The normalized spacial score (nSPS) is 42.3. The average Bonchev–Trinajstić information content (AvgIpc) is 3.31.